The highest BCUT2D eigenvalue weighted by atomic mass is 79.9. The zero-order chi connectivity index (χ0) is 13.6. The lowest BCUT2D eigenvalue weighted by molar-refractivity contribution is 0.133. The first-order chi connectivity index (χ1) is 9.77. The maximum atomic E-state index is 5.60. The summed E-state index contributed by atoms with van der Waals surface area (Å²) in [5.41, 5.74) is 1.50. The van der Waals surface area contributed by atoms with Crippen molar-refractivity contribution in [2.75, 3.05) is 31.2 Å². The monoisotopic (exact) mass is 336 g/mol. The van der Waals surface area contributed by atoms with Gasteiger partial charge < -0.3 is 9.64 Å². The van der Waals surface area contributed by atoms with E-state index in [0.717, 1.165) is 42.2 Å². The van der Waals surface area contributed by atoms with Crippen LogP contribution in [0.15, 0.2) is 23.3 Å². The molecule has 6 heteroatoms. The molecule has 4 rings (SSSR count). The van der Waals surface area contributed by atoms with E-state index in [-0.39, 0.29) is 0 Å². The highest BCUT2D eigenvalue weighted by Gasteiger charge is 2.38. The Hall–Kier alpha value is -1.14. The van der Waals surface area contributed by atoms with E-state index in [2.05, 4.69) is 30.8 Å². The highest BCUT2D eigenvalue weighted by molar-refractivity contribution is 9.10. The largest absolute Gasteiger partial charge is 0.381 e. The van der Waals surface area contributed by atoms with Crippen LogP contribution in [0.5, 0.6) is 0 Å². The van der Waals surface area contributed by atoms with Crippen LogP contribution in [0.25, 0.3) is 5.52 Å². The summed E-state index contributed by atoms with van der Waals surface area (Å²) in [4.78, 5) is 11.2. The quantitative estimate of drug-likeness (QED) is 0.802. The number of piperidine rings is 1. The smallest absolute Gasteiger partial charge is 0.154 e. The Bertz CT molecular complexity index is 625. The lowest BCUT2D eigenvalue weighted by Gasteiger charge is -2.39. The molecule has 0 N–H and O–H groups in total. The van der Waals surface area contributed by atoms with Crippen LogP contribution in [0.4, 0.5) is 5.82 Å². The fourth-order valence-corrected chi connectivity index (χ4v) is 3.74. The fraction of sp³-hybridized carbons (Fsp3) is 0.571. The Labute approximate surface area is 126 Å². The predicted octanol–water partition coefficient (Wildman–Crippen LogP) is 2.50. The first kappa shape index (κ1) is 12.6. The van der Waals surface area contributed by atoms with E-state index in [9.17, 15) is 0 Å². The zero-order valence-electron chi connectivity index (χ0n) is 11.3. The molecule has 2 aliphatic rings. The van der Waals surface area contributed by atoms with Gasteiger partial charge in [0.1, 0.15) is 16.4 Å². The maximum absolute atomic E-state index is 5.60. The van der Waals surface area contributed by atoms with E-state index in [1.54, 1.807) is 0 Å². The van der Waals surface area contributed by atoms with Crippen LogP contribution in [0, 0.1) is 5.41 Å². The molecule has 5 nitrogen and oxygen atoms in total. The summed E-state index contributed by atoms with van der Waals surface area (Å²) < 4.78 is 8.57. The molecule has 2 saturated heterocycles. The van der Waals surface area contributed by atoms with Crippen molar-refractivity contribution in [3.8, 4) is 0 Å². The van der Waals surface area contributed by atoms with Gasteiger partial charge in [0.15, 0.2) is 5.82 Å². The zero-order valence-corrected chi connectivity index (χ0v) is 12.8. The topological polar surface area (TPSA) is 42.7 Å². The van der Waals surface area contributed by atoms with E-state index in [1.165, 1.54) is 19.3 Å². The second kappa shape index (κ2) is 4.70. The molecule has 0 aromatic carbocycles. The average molecular weight is 337 g/mol. The molecule has 0 atom stereocenters. The minimum atomic E-state index is 0.433. The van der Waals surface area contributed by atoms with Crippen LogP contribution in [-0.2, 0) is 4.74 Å². The van der Waals surface area contributed by atoms with Crippen LogP contribution in [-0.4, -0.2) is 40.7 Å². The molecule has 0 unspecified atom stereocenters. The van der Waals surface area contributed by atoms with E-state index >= 15 is 0 Å². The molecule has 20 heavy (non-hydrogen) atoms. The van der Waals surface area contributed by atoms with Gasteiger partial charge >= 0.3 is 0 Å². The second-order valence-electron chi connectivity index (χ2n) is 5.84. The maximum Gasteiger partial charge on any atom is 0.154 e. The lowest BCUT2D eigenvalue weighted by Crippen LogP contribution is -2.41. The number of aromatic nitrogens is 3. The summed E-state index contributed by atoms with van der Waals surface area (Å²) in [6.07, 6.45) is 9.18. The van der Waals surface area contributed by atoms with Crippen molar-refractivity contribution in [2.45, 2.75) is 19.3 Å². The summed E-state index contributed by atoms with van der Waals surface area (Å²) in [6, 6.07) is 0. The van der Waals surface area contributed by atoms with Crippen molar-refractivity contribution in [1.82, 2.24) is 14.4 Å². The van der Waals surface area contributed by atoms with Crippen LogP contribution < -0.4 is 4.90 Å². The number of fused-ring (bicyclic) bond motifs is 1. The van der Waals surface area contributed by atoms with Crippen molar-refractivity contribution in [3.05, 3.63) is 23.3 Å². The summed E-state index contributed by atoms with van der Waals surface area (Å²) >= 11 is 3.51. The van der Waals surface area contributed by atoms with E-state index in [4.69, 9.17) is 4.74 Å². The standard InChI is InChI=1S/C14H17BrN4O/c15-12-8-17-13(11-7-16-10-19(11)12)18-4-1-14(2-5-18)3-6-20-9-14/h7-8,10H,1-6,9H2. The Kier molecular flexibility index (Phi) is 2.96. The lowest BCUT2D eigenvalue weighted by atomic mass is 9.78. The van der Waals surface area contributed by atoms with Gasteiger partial charge in [0.25, 0.3) is 0 Å². The van der Waals surface area contributed by atoms with Gasteiger partial charge in [-0.15, -0.1) is 0 Å². The van der Waals surface area contributed by atoms with Crippen molar-refractivity contribution in [3.63, 3.8) is 0 Å². The summed E-state index contributed by atoms with van der Waals surface area (Å²) in [7, 11) is 0. The van der Waals surface area contributed by atoms with E-state index < -0.39 is 0 Å². The molecule has 0 saturated carbocycles. The van der Waals surface area contributed by atoms with Gasteiger partial charge in [-0.1, -0.05) is 0 Å². The summed E-state index contributed by atoms with van der Waals surface area (Å²) in [5, 5.41) is 0. The van der Waals surface area contributed by atoms with Crippen LogP contribution in [0.3, 0.4) is 0 Å². The van der Waals surface area contributed by atoms with Gasteiger partial charge in [-0.3, -0.25) is 4.40 Å². The molecule has 106 valence electrons. The average Bonchev–Trinajstić information content (AvgIpc) is 3.11. The Morgan fingerprint density at radius 2 is 2.05 bits per heavy atom. The SMILES string of the molecule is Brc1cnc(N2CCC3(CCOC3)CC2)c2cncn12. The molecule has 1 spiro atoms. The van der Waals surface area contributed by atoms with Gasteiger partial charge in [-0.2, -0.15) is 0 Å². The molecule has 2 aromatic rings. The van der Waals surface area contributed by atoms with Crippen molar-refractivity contribution < 1.29 is 4.74 Å². The molecular formula is C14H17BrN4O. The molecule has 2 fully saturated rings. The fourth-order valence-electron chi connectivity index (χ4n) is 3.35. The number of hydrogen-bond donors (Lipinski definition) is 0. The van der Waals surface area contributed by atoms with Crippen molar-refractivity contribution in [1.29, 1.82) is 0 Å². The Balaban J connectivity index is 1.61. The molecule has 0 aliphatic carbocycles. The number of nitrogens with zero attached hydrogens (tertiary/aromatic N) is 4. The molecule has 0 radical (unpaired) electrons. The third kappa shape index (κ3) is 1.93. The second-order valence-corrected chi connectivity index (χ2v) is 6.66. The minimum absolute atomic E-state index is 0.433. The van der Waals surface area contributed by atoms with E-state index in [0.29, 0.717) is 5.41 Å². The molecule has 2 aromatic heterocycles. The number of hydrogen-bond acceptors (Lipinski definition) is 4. The van der Waals surface area contributed by atoms with Gasteiger partial charge in [0, 0.05) is 19.7 Å². The third-order valence-electron chi connectivity index (χ3n) is 4.70. The van der Waals surface area contributed by atoms with Gasteiger partial charge in [0.05, 0.1) is 19.0 Å². The van der Waals surface area contributed by atoms with Crippen LogP contribution in [0.1, 0.15) is 19.3 Å². The normalized spacial score (nSPS) is 21.9. The predicted molar refractivity (Wildman–Crippen MR) is 80.0 cm³/mol. The van der Waals surface area contributed by atoms with Crippen LogP contribution >= 0.6 is 15.9 Å². The number of rotatable bonds is 1. The summed E-state index contributed by atoms with van der Waals surface area (Å²) in [5.74, 6) is 1.04. The van der Waals surface area contributed by atoms with E-state index in [1.807, 2.05) is 23.1 Å². The molecule has 0 amide bonds. The van der Waals surface area contributed by atoms with Gasteiger partial charge in [-0.05, 0) is 40.6 Å². The number of imidazole rings is 1. The van der Waals surface area contributed by atoms with Gasteiger partial charge in [-0.25, -0.2) is 9.97 Å². The van der Waals surface area contributed by atoms with Gasteiger partial charge in [0.2, 0.25) is 0 Å². The molecule has 0 bridgehead atoms. The Morgan fingerprint density at radius 3 is 2.80 bits per heavy atom. The first-order valence-electron chi connectivity index (χ1n) is 7.07. The molecular weight excluding hydrogens is 320 g/mol. The third-order valence-corrected chi connectivity index (χ3v) is 5.29. The molecule has 2 aliphatic heterocycles. The first-order valence-corrected chi connectivity index (χ1v) is 7.86. The summed E-state index contributed by atoms with van der Waals surface area (Å²) in [6.45, 7) is 3.98. The number of anilines is 1. The number of ether oxygens (including phenoxy) is 1. The van der Waals surface area contributed by atoms with Crippen molar-refractivity contribution in [2.24, 2.45) is 5.41 Å². The number of halogens is 1. The van der Waals surface area contributed by atoms with Crippen molar-refractivity contribution >= 4 is 27.3 Å². The Morgan fingerprint density at radius 1 is 1.20 bits per heavy atom. The molecule has 4 heterocycles. The highest BCUT2D eigenvalue weighted by Crippen LogP contribution is 2.40. The van der Waals surface area contributed by atoms with Crippen LogP contribution in [0.2, 0.25) is 0 Å². The minimum Gasteiger partial charge on any atom is -0.381 e.